The maximum absolute atomic E-state index is 10.3. The van der Waals surface area contributed by atoms with Crippen LogP contribution in [0.1, 0.15) is 96.8 Å². The summed E-state index contributed by atoms with van der Waals surface area (Å²) in [6.45, 7) is 5.42. The Labute approximate surface area is 179 Å². The van der Waals surface area contributed by atoms with Crippen molar-refractivity contribution < 1.29 is 38.9 Å². The third kappa shape index (κ3) is 33.1. The first-order valence-electron chi connectivity index (χ1n) is 10.2. The van der Waals surface area contributed by atoms with E-state index in [4.69, 9.17) is 5.11 Å². The van der Waals surface area contributed by atoms with Crippen LogP contribution in [0, 0.1) is 0 Å². The summed E-state index contributed by atoms with van der Waals surface area (Å²) in [5, 5.41) is 8.51. The maximum Gasteiger partial charge on any atom is 0.329 e. The Balaban J connectivity index is -0.000000709. The van der Waals surface area contributed by atoms with E-state index in [1.807, 2.05) is 0 Å². The van der Waals surface area contributed by atoms with Crippen LogP contribution in [-0.2, 0) is 33.8 Å². The number of carbonyl (C=O) groups excluding carboxylic acids is 1. The SMILES string of the molecule is C=CC(=O)OC.CCCCCCCC/C=C/CCCCCCCC(=O)O.[Zn]. The van der Waals surface area contributed by atoms with Crippen molar-refractivity contribution in [2.45, 2.75) is 96.8 Å². The quantitative estimate of drug-likeness (QED) is 0.0998. The summed E-state index contributed by atoms with van der Waals surface area (Å²) in [4.78, 5) is 20.2. The Morgan fingerprint density at radius 3 is 1.67 bits per heavy atom. The van der Waals surface area contributed by atoms with Gasteiger partial charge in [0, 0.05) is 32.0 Å². The molecule has 1 N–H and O–H groups in total. The van der Waals surface area contributed by atoms with Crippen LogP contribution in [0.3, 0.4) is 0 Å². The fourth-order valence-corrected chi connectivity index (χ4v) is 2.43. The number of carbonyl (C=O) groups is 2. The van der Waals surface area contributed by atoms with Crippen molar-refractivity contribution in [1.29, 1.82) is 0 Å². The van der Waals surface area contributed by atoms with Crippen LogP contribution < -0.4 is 0 Å². The van der Waals surface area contributed by atoms with Crippen LogP contribution in [0.15, 0.2) is 24.8 Å². The predicted molar refractivity (Wildman–Crippen MR) is 109 cm³/mol. The van der Waals surface area contributed by atoms with Gasteiger partial charge in [-0.3, -0.25) is 4.79 Å². The molecule has 0 spiro atoms. The van der Waals surface area contributed by atoms with E-state index in [9.17, 15) is 9.59 Å². The molecule has 154 valence electrons. The molecule has 0 amide bonds. The van der Waals surface area contributed by atoms with Gasteiger partial charge in [-0.2, -0.15) is 0 Å². The van der Waals surface area contributed by atoms with E-state index in [1.54, 1.807) is 0 Å². The van der Waals surface area contributed by atoms with Crippen LogP contribution in [0.5, 0.6) is 0 Å². The van der Waals surface area contributed by atoms with E-state index in [0.29, 0.717) is 6.42 Å². The smallest absolute Gasteiger partial charge is 0.329 e. The number of allylic oxidation sites excluding steroid dienone is 2. The molecule has 0 radical (unpaired) electrons. The van der Waals surface area contributed by atoms with Gasteiger partial charge in [-0.1, -0.05) is 77.0 Å². The molecule has 0 heterocycles. The summed E-state index contributed by atoms with van der Waals surface area (Å²) in [6.07, 6.45) is 22.4. The summed E-state index contributed by atoms with van der Waals surface area (Å²) in [5.41, 5.74) is 0. The van der Waals surface area contributed by atoms with Gasteiger partial charge in [0.2, 0.25) is 0 Å². The largest absolute Gasteiger partial charge is 0.481 e. The molecule has 0 aliphatic rings. The Hall–Kier alpha value is -0.957. The van der Waals surface area contributed by atoms with Crippen molar-refractivity contribution in [3.8, 4) is 0 Å². The third-order valence-corrected chi connectivity index (χ3v) is 4.02. The zero-order valence-electron chi connectivity index (χ0n) is 17.7. The van der Waals surface area contributed by atoms with E-state index >= 15 is 0 Å². The fraction of sp³-hybridized carbons (Fsp3) is 0.727. The van der Waals surface area contributed by atoms with E-state index in [-0.39, 0.29) is 19.5 Å². The Morgan fingerprint density at radius 2 is 1.30 bits per heavy atom. The molecule has 0 unspecified atom stereocenters. The first kappa shape index (κ1) is 30.8. The minimum atomic E-state index is -0.664. The number of carboxylic acid groups (broad SMARTS) is 1. The van der Waals surface area contributed by atoms with Gasteiger partial charge in [0.1, 0.15) is 0 Å². The number of ether oxygens (including phenoxy) is 1. The molecular weight excluding hydrogens is 394 g/mol. The van der Waals surface area contributed by atoms with Crippen molar-refractivity contribution in [3.63, 3.8) is 0 Å². The second-order valence-electron chi connectivity index (χ2n) is 6.46. The number of aliphatic carboxylic acids is 1. The standard InChI is InChI=1S/C18H34O2.C4H6O2.Zn/c1-2-3-4-5-6-7-8-9-10-11-12-13-14-15-16-17-18(19)20;1-3-4(5)6-2;/h9-10H,2-8,11-17H2,1H3,(H,19,20);3H,1H2,2H3;/b10-9+;;. The van der Waals surface area contributed by atoms with Crippen molar-refractivity contribution in [2.75, 3.05) is 7.11 Å². The maximum atomic E-state index is 10.3. The molecule has 0 aromatic carbocycles. The molecule has 5 heteroatoms. The number of carboxylic acids is 1. The van der Waals surface area contributed by atoms with Gasteiger partial charge in [0.15, 0.2) is 0 Å². The van der Waals surface area contributed by atoms with Crippen molar-refractivity contribution in [2.24, 2.45) is 0 Å². The molecule has 27 heavy (non-hydrogen) atoms. The second-order valence-corrected chi connectivity index (χ2v) is 6.46. The molecule has 0 rings (SSSR count). The van der Waals surface area contributed by atoms with Crippen LogP contribution >= 0.6 is 0 Å². The summed E-state index contributed by atoms with van der Waals surface area (Å²) in [6, 6.07) is 0. The molecular formula is C22H40O4Zn. The second kappa shape index (κ2) is 27.3. The number of hydrogen-bond acceptors (Lipinski definition) is 3. The summed E-state index contributed by atoms with van der Waals surface area (Å²) >= 11 is 0. The molecule has 0 atom stereocenters. The number of methoxy groups -OCH3 is 1. The van der Waals surface area contributed by atoms with Crippen LogP contribution in [-0.4, -0.2) is 24.2 Å². The first-order chi connectivity index (χ1) is 12.6. The molecule has 0 fully saturated rings. The molecule has 0 aliphatic carbocycles. The molecule has 0 aromatic heterocycles. The first-order valence-corrected chi connectivity index (χ1v) is 10.2. The van der Waals surface area contributed by atoms with E-state index in [2.05, 4.69) is 30.4 Å². The van der Waals surface area contributed by atoms with Gasteiger partial charge in [-0.15, -0.1) is 0 Å². The number of rotatable bonds is 16. The van der Waals surface area contributed by atoms with Crippen molar-refractivity contribution >= 4 is 11.9 Å². The Kier molecular flexibility index (Phi) is 31.1. The van der Waals surface area contributed by atoms with Gasteiger partial charge in [0.25, 0.3) is 0 Å². The van der Waals surface area contributed by atoms with Crippen molar-refractivity contribution in [1.82, 2.24) is 0 Å². The zero-order valence-corrected chi connectivity index (χ0v) is 20.7. The monoisotopic (exact) mass is 432 g/mol. The summed E-state index contributed by atoms with van der Waals surface area (Å²) < 4.78 is 4.14. The average molecular weight is 434 g/mol. The molecule has 0 aromatic rings. The van der Waals surface area contributed by atoms with Gasteiger partial charge >= 0.3 is 11.9 Å². The number of esters is 1. The topological polar surface area (TPSA) is 63.6 Å². The van der Waals surface area contributed by atoms with Gasteiger partial charge in [-0.25, -0.2) is 4.79 Å². The van der Waals surface area contributed by atoms with E-state index in [0.717, 1.165) is 18.9 Å². The van der Waals surface area contributed by atoms with Crippen LogP contribution in [0.2, 0.25) is 0 Å². The third-order valence-electron chi connectivity index (χ3n) is 4.02. The summed E-state index contributed by atoms with van der Waals surface area (Å²) in [5.74, 6) is -1.06. The Morgan fingerprint density at radius 1 is 0.852 bits per heavy atom. The van der Waals surface area contributed by atoms with Gasteiger partial charge in [0.05, 0.1) is 7.11 Å². The molecule has 0 saturated heterocycles. The van der Waals surface area contributed by atoms with Gasteiger partial charge in [-0.05, 0) is 32.1 Å². The van der Waals surface area contributed by atoms with Crippen LogP contribution in [0.4, 0.5) is 0 Å². The predicted octanol–water partition coefficient (Wildman–Crippen LogP) is 6.45. The van der Waals surface area contributed by atoms with Crippen LogP contribution in [0.25, 0.3) is 0 Å². The molecule has 0 bridgehead atoms. The molecule has 0 saturated carbocycles. The fourth-order valence-electron chi connectivity index (χ4n) is 2.43. The molecule has 0 aliphatic heterocycles. The number of hydrogen-bond donors (Lipinski definition) is 1. The normalized spacial score (nSPS) is 9.85. The average Bonchev–Trinajstić information content (AvgIpc) is 2.64. The summed E-state index contributed by atoms with van der Waals surface area (Å²) in [7, 11) is 1.31. The van der Waals surface area contributed by atoms with E-state index < -0.39 is 11.9 Å². The number of unbranched alkanes of at least 4 members (excludes halogenated alkanes) is 11. The Bertz CT molecular complexity index is 367. The van der Waals surface area contributed by atoms with E-state index in [1.165, 1.54) is 77.7 Å². The van der Waals surface area contributed by atoms with Gasteiger partial charge < -0.3 is 9.84 Å². The zero-order chi connectivity index (χ0) is 19.9. The van der Waals surface area contributed by atoms with Crippen molar-refractivity contribution in [3.05, 3.63) is 24.8 Å². The minimum absolute atomic E-state index is 0. The molecule has 4 nitrogen and oxygen atoms in total. The minimum Gasteiger partial charge on any atom is -0.481 e.